The van der Waals surface area contributed by atoms with Gasteiger partial charge in [-0.25, -0.2) is 8.42 Å². The molecule has 0 spiro atoms. The fourth-order valence-electron chi connectivity index (χ4n) is 5.20. The second-order valence-corrected chi connectivity index (χ2v) is 12.2. The highest BCUT2D eigenvalue weighted by molar-refractivity contribution is 7.89. The Balaban J connectivity index is 1.38. The molecule has 0 aliphatic carbocycles. The third-order valence-electron chi connectivity index (χ3n) is 7.10. The van der Waals surface area contributed by atoms with Crippen molar-refractivity contribution in [2.45, 2.75) is 25.2 Å². The van der Waals surface area contributed by atoms with E-state index >= 15 is 0 Å². The summed E-state index contributed by atoms with van der Waals surface area (Å²) in [7, 11) is 3.39. The molecule has 2 aliphatic rings. The number of ether oxygens (including phenoxy) is 2. The lowest BCUT2D eigenvalue weighted by atomic mass is 10.0. The Morgan fingerprint density at radius 1 is 1.11 bits per heavy atom. The summed E-state index contributed by atoms with van der Waals surface area (Å²) in [6, 6.07) is 3.43. The van der Waals surface area contributed by atoms with Crippen LogP contribution in [0.25, 0.3) is 0 Å². The minimum absolute atomic E-state index is 0.0458. The molecule has 1 aromatic rings. The van der Waals surface area contributed by atoms with Gasteiger partial charge in [0.15, 0.2) is 0 Å². The van der Waals surface area contributed by atoms with Crippen molar-refractivity contribution in [2.24, 2.45) is 11.8 Å². The molecule has 2 saturated heterocycles. The molecular weight excluding hydrogens is 468 g/mol. The molecule has 10 heteroatoms. The molecule has 0 radical (unpaired) electrons. The van der Waals surface area contributed by atoms with Gasteiger partial charge in [-0.3, -0.25) is 4.79 Å². The predicted octanol–water partition coefficient (Wildman–Crippen LogP) is 1.29. The normalized spacial score (nSPS) is 19.8. The largest absolute Gasteiger partial charge is 0.497 e. The van der Waals surface area contributed by atoms with Crippen LogP contribution in [-0.2, 0) is 19.6 Å². The van der Waals surface area contributed by atoms with E-state index in [2.05, 4.69) is 16.8 Å². The second-order valence-electron chi connectivity index (χ2n) is 10.2. The number of amides is 1. The second kappa shape index (κ2) is 12.0. The van der Waals surface area contributed by atoms with Gasteiger partial charge in [0.2, 0.25) is 15.9 Å². The Labute approximate surface area is 211 Å². The molecule has 9 nitrogen and oxygen atoms in total. The highest BCUT2D eigenvalue weighted by Gasteiger charge is 2.30. The van der Waals surface area contributed by atoms with E-state index in [0.29, 0.717) is 22.8 Å². The summed E-state index contributed by atoms with van der Waals surface area (Å²) in [5, 5.41) is 0. The van der Waals surface area contributed by atoms with Crippen molar-refractivity contribution in [3.8, 4) is 5.75 Å². The Morgan fingerprint density at radius 3 is 2.37 bits per heavy atom. The van der Waals surface area contributed by atoms with Crippen molar-refractivity contribution in [1.29, 1.82) is 0 Å². The average Bonchev–Trinajstić information content (AvgIpc) is 3.21. The summed E-state index contributed by atoms with van der Waals surface area (Å²) in [5.74, 6) is 1.83. The number of methoxy groups -OCH3 is 1. The average molecular weight is 511 g/mol. The molecule has 1 aromatic carbocycles. The zero-order valence-corrected chi connectivity index (χ0v) is 22.9. The zero-order chi connectivity index (χ0) is 25.8. The van der Waals surface area contributed by atoms with E-state index in [1.807, 2.05) is 7.05 Å². The number of rotatable bonds is 12. The number of benzene rings is 1. The van der Waals surface area contributed by atoms with Crippen molar-refractivity contribution in [2.75, 3.05) is 87.3 Å². The molecule has 35 heavy (non-hydrogen) atoms. The van der Waals surface area contributed by atoms with Crippen molar-refractivity contribution in [3.05, 3.63) is 23.3 Å². The predicted molar refractivity (Wildman–Crippen MR) is 136 cm³/mol. The van der Waals surface area contributed by atoms with Gasteiger partial charge in [-0.05, 0) is 69.0 Å². The third kappa shape index (κ3) is 7.16. The first kappa shape index (κ1) is 27.9. The van der Waals surface area contributed by atoms with Gasteiger partial charge in [0.05, 0.1) is 18.6 Å². The summed E-state index contributed by atoms with van der Waals surface area (Å²) in [6.45, 7) is 10.2. The summed E-state index contributed by atoms with van der Waals surface area (Å²) >= 11 is 0. The highest BCUT2D eigenvalue weighted by atomic mass is 32.2. The van der Waals surface area contributed by atoms with Crippen molar-refractivity contribution in [3.63, 3.8) is 0 Å². The van der Waals surface area contributed by atoms with Crippen LogP contribution in [0.5, 0.6) is 5.75 Å². The van der Waals surface area contributed by atoms with Crippen molar-refractivity contribution >= 4 is 15.9 Å². The third-order valence-corrected chi connectivity index (χ3v) is 9.26. The lowest BCUT2D eigenvalue weighted by Crippen LogP contribution is -2.49. The van der Waals surface area contributed by atoms with E-state index in [-0.39, 0.29) is 30.6 Å². The van der Waals surface area contributed by atoms with Crippen LogP contribution in [0, 0.1) is 25.7 Å². The van der Waals surface area contributed by atoms with Gasteiger partial charge >= 0.3 is 0 Å². The molecule has 0 unspecified atom stereocenters. The van der Waals surface area contributed by atoms with E-state index in [1.165, 1.54) is 24.4 Å². The minimum Gasteiger partial charge on any atom is -0.497 e. The number of hydrogen-bond donors (Lipinski definition) is 0. The molecule has 2 fully saturated rings. The number of likely N-dealkylation sites (N-methyl/N-ethyl adjacent to an activating group) is 2. The van der Waals surface area contributed by atoms with Crippen LogP contribution in [0.2, 0.25) is 0 Å². The number of aryl methyl sites for hydroxylation is 2. The molecular formula is C25H42N4O5S. The highest BCUT2D eigenvalue weighted by Crippen LogP contribution is 2.27. The minimum atomic E-state index is -3.68. The topological polar surface area (TPSA) is 82.6 Å². The van der Waals surface area contributed by atoms with Crippen LogP contribution >= 0.6 is 0 Å². The Bertz CT molecular complexity index is 957. The van der Waals surface area contributed by atoms with Crippen LogP contribution in [0.15, 0.2) is 17.0 Å². The Morgan fingerprint density at radius 2 is 1.77 bits per heavy atom. The standard InChI is InChI=1S/C25H42N4O5S/c1-19-11-23(33-6)12-20(2)25(19)35(31,32)28(5)9-10-34-18-24(30)27(4)15-21-7-8-29(16-21)17-22-13-26(3)14-22/h11-12,21-22H,7-10,13-18H2,1-6H3/t21-/m0/s1. The number of likely N-dealkylation sites (tertiary alicyclic amines) is 2. The number of carbonyl (C=O) groups is 1. The van der Waals surface area contributed by atoms with Gasteiger partial charge in [0.1, 0.15) is 12.4 Å². The van der Waals surface area contributed by atoms with Crippen LogP contribution in [0.3, 0.4) is 0 Å². The van der Waals surface area contributed by atoms with Crippen LogP contribution in [0.1, 0.15) is 17.5 Å². The maximum atomic E-state index is 13.1. The van der Waals surface area contributed by atoms with Gasteiger partial charge in [0.25, 0.3) is 0 Å². The summed E-state index contributed by atoms with van der Waals surface area (Å²) in [5.41, 5.74) is 1.27. The molecule has 2 heterocycles. The SMILES string of the molecule is COc1cc(C)c(S(=O)(=O)N(C)CCOCC(=O)N(C)C[C@@H]2CCN(CC3CN(C)C3)C2)c(C)c1. The van der Waals surface area contributed by atoms with Gasteiger partial charge < -0.3 is 24.2 Å². The van der Waals surface area contributed by atoms with Gasteiger partial charge in [-0.1, -0.05) is 0 Å². The van der Waals surface area contributed by atoms with E-state index < -0.39 is 10.0 Å². The van der Waals surface area contributed by atoms with Crippen LogP contribution < -0.4 is 4.74 Å². The lowest BCUT2D eigenvalue weighted by molar-refractivity contribution is -0.135. The smallest absolute Gasteiger partial charge is 0.248 e. The van der Waals surface area contributed by atoms with Gasteiger partial charge in [-0.15, -0.1) is 0 Å². The molecule has 0 N–H and O–H groups in total. The first-order chi connectivity index (χ1) is 16.5. The van der Waals surface area contributed by atoms with E-state index in [1.54, 1.807) is 38.0 Å². The molecule has 1 atom stereocenters. The van der Waals surface area contributed by atoms with Crippen LogP contribution in [0.4, 0.5) is 0 Å². The monoisotopic (exact) mass is 510 g/mol. The number of sulfonamides is 1. The van der Waals surface area contributed by atoms with Crippen molar-refractivity contribution < 1.29 is 22.7 Å². The van der Waals surface area contributed by atoms with Gasteiger partial charge in [-0.2, -0.15) is 4.31 Å². The quantitative estimate of drug-likeness (QED) is 0.392. The molecule has 0 aromatic heterocycles. The lowest BCUT2D eigenvalue weighted by Gasteiger charge is -2.38. The first-order valence-corrected chi connectivity index (χ1v) is 13.8. The summed E-state index contributed by atoms with van der Waals surface area (Å²) in [6.07, 6.45) is 1.12. The number of carbonyl (C=O) groups excluding carboxylic acids is 1. The molecule has 3 rings (SSSR count). The fourth-order valence-corrected chi connectivity index (χ4v) is 6.76. The van der Waals surface area contributed by atoms with Crippen molar-refractivity contribution in [1.82, 2.24) is 19.0 Å². The number of nitrogens with zero attached hydrogens (tertiary/aromatic N) is 4. The fraction of sp³-hybridized carbons (Fsp3) is 0.720. The van der Waals surface area contributed by atoms with Gasteiger partial charge in [0, 0.05) is 53.4 Å². The first-order valence-electron chi connectivity index (χ1n) is 12.4. The maximum absolute atomic E-state index is 13.1. The van der Waals surface area contributed by atoms with E-state index in [4.69, 9.17) is 9.47 Å². The summed E-state index contributed by atoms with van der Waals surface area (Å²) < 4.78 is 38.2. The molecule has 1 amide bonds. The Hall–Kier alpha value is -1.72. The maximum Gasteiger partial charge on any atom is 0.248 e. The molecule has 0 bridgehead atoms. The van der Waals surface area contributed by atoms with Crippen LogP contribution in [-0.4, -0.2) is 121 Å². The zero-order valence-electron chi connectivity index (χ0n) is 22.1. The number of hydrogen-bond acceptors (Lipinski definition) is 7. The molecule has 0 saturated carbocycles. The van der Waals surface area contributed by atoms with E-state index in [0.717, 1.165) is 38.5 Å². The molecule has 198 valence electrons. The van der Waals surface area contributed by atoms with E-state index in [9.17, 15) is 13.2 Å². The summed E-state index contributed by atoms with van der Waals surface area (Å²) in [4.78, 5) is 19.4. The molecule has 2 aliphatic heterocycles. The Kier molecular flexibility index (Phi) is 9.56.